The highest BCUT2D eigenvalue weighted by Crippen LogP contribution is 2.12. The molecule has 0 heterocycles. The van der Waals surface area contributed by atoms with Gasteiger partial charge in [-0.05, 0) is 96.3 Å². The Hall–Kier alpha value is -2.95. The van der Waals surface area contributed by atoms with E-state index < -0.39 is 12.1 Å². The number of nitrogens with one attached hydrogen (secondary N) is 1. The van der Waals surface area contributed by atoms with Crippen LogP contribution in [-0.4, -0.2) is 34.9 Å². The van der Waals surface area contributed by atoms with Gasteiger partial charge in [0.15, 0.2) is 0 Å². The van der Waals surface area contributed by atoms with Gasteiger partial charge in [0.1, 0.15) is 0 Å². The predicted molar refractivity (Wildman–Crippen MR) is 248 cm³/mol. The largest absolute Gasteiger partial charge is 0.394 e. The van der Waals surface area contributed by atoms with Crippen LogP contribution in [0.5, 0.6) is 0 Å². The lowest BCUT2D eigenvalue weighted by atomic mass is 10.1. The Morgan fingerprint density at radius 2 is 0.804 bits per heavy atom. The highest BCUT2D eigenvalue weighted by molar-refractivity contribution is 5.76. The highest BCUT2D eigenvalue weighted by atomic mass is 16.3. The normalized spacial score (nSPS) is 14.0. The maximum Gasteiger partial charge on any atom is 0.220 e. The van der Waals surface area contributed by atoms with E-state index in [1.54, 1.807) is 6.08 Å². The Balaban J connectivity index is 3.75. The molecule has 0 saturated heterocycles. The molecule has 0 bridgehead atoms. The Bertz CT molecular complexity index is 1110. The minimum absolute atomic E-state index is 0.107. The zero-order valence-corrected chi connectivity index (χ0v) is 36.4. The van der Waals surface area contributed by atoms with Crippen molar-refractivity contribution in [1.82, 2.24) is 5.32 Å². The van der Waals surface area contributed by atoms with Gasteiger partial charge in [-0.15, -0.1) is 0 Å². The molecule has 0 aliphatic rings. The summed E-state index contributed by atoms with van der Waals surface area (Å²) in [4.78, 5) is 12.4. The molecular formula is C52H87NO3. The van der Waals surface area contributed by atoms with Gasteiger partial charge in [-0.2, -0.15) is 0 Å². The van der Waals surface area contributed by atoms with Crippen LogP contribution in [0.15, 0.2) is 109 Å². The molecule has 2 unspecified atom stereocenters. The molecule has 0 aliphatic carbocycles. The lowest BCUT2D eigenvalue weighted by Gasteiger charge is -2.19. The lowest BCUT2D eigenvalue weighted by molar-refractivity contribution is -0.123. The van der Waals surface area contributed by atoms with Gasteiger partial charge in [-0.25, -0.2) is 0 Å². The second-order valence-corrected chi connectivity index (χ2v) is 15.1. The van der Waals surface area contributed by atoms with Crippen molar-refractivity contribution in [3.05, 3.63) is 109 Å². The van der Waals surface area contributed by atoms with Crippen molar-refractivity contribution in [2.24, 2.45) is 0 Å². The number of rotatable bonds is 40. The molecule has 0 aromatic heterocycles. The average molecular weight is 774 g/mol. The molecule has 0 saturated carbocycles. The summed E-state index contributed by atoms with van der Waals surface area (Å²) in [6, 6.07) is -0.667. The highest BCUT2D eigenvalue weighted by Gasteiger charge is 2.17. The van der Waals surface area contributed by atoms with Gasteiger partial charge >= 0.3 is 0 Å². The van der Waals surface area contributed by atoms with Gasteiger partial charge in [0.2, 0.25) is 5.91 Å². The number of hydrogen-bond acceptors (Lipinski definition) is 3. The van der Waals surface area contributed by atoms with E-state index in [0.717, 1.165) is 96.3 Å². The molecule has 56 heavy (non-hydrogen) atoms. The maximum absolute atomic E-state index is 12.4. The third-order valence-corrected chi connectivity index (χ3v) is 9.72. The van der Waals surface area contributed by atoms with Gasteiger partial charge in [-0.1, -0.05) is 200 Å². The number of carbonyl (C=O) groups excluding carboxylic acids is 1. The summed E-state index contributed by atoms with van der Waals surface area (Å²) in [5.74, 6) is -0.107. The second-order valence-electron chi connectivity index (χ2n) is 15.1. The Morgan fingerprint density at radius 3 is 1.25 bits per heavy atom. The van der Waals surface area contributed by atoms with E-state index in [9.17, 15) is 15.0 Å². The Kier molecular flexibility index (Phi) is 44.0. The smallest absolute Gasteiger partial charge is 0.220 e. The van der Waals surface area contributed by atoms with Crippen LogP contribution in [-0.2, 0) is 4.79 Å². The van der Waals surface area contributed by atoms with Crippen LogP contribution in [0.3, 0.4) is 0 Å². The van der Waals surface area contributed by atoms with E-state index in [1.165, 1.54) is 77.0 Å². The standard InChI is InChI=1S/C52H87NO3/c1-3-5-7-9-11-13-15-17-19-21-23-25-26-28-30-32-34-36-38-40-42-44-46-48-52(56)53-50(49-54)51(55)47-45-43-41-39-37-35-33-31-29-27-24-22-20-18-16-14-12-10-8-6-4-2/h5,7,11,13,17,19,23,25,28-31,34,36-37,39,45,47,50-51,54-55H,3-4,6,8-10,12,14-16,18,20-22,24,26-27,32-33,35,38,40-44,46,48-49H2,1-2H3,(H,53,56)/b7-5-,13-11-,19-17-,25-23-,30-28-,31-29+,36-34-,39-37+,47-45+. The molecule has 4 nitrogen and oxygen atoms in total. The molecule has 2 atom stereocenters. The van der Waals surface area contributed by atoms with Gasteiger partial charge < -0.3 is 15.5 Å². The number of aliphatic hydroxyl groups is 2. The van der Waals surface area contributed by atoms with Crippen molar-refractivity contribution in [3.8, 4) is 0 Å². The fourth-order valence-corrected chi connectivity index (χ4v) is 6.21. The van der Waals surface area contributed by atoms with Crippen molar-refractivity contribution >= 4 is 5.91 Å². The van der Waals surface area contributed by atoms with Crippen LogP contribution < -0.4 is 5.32 Å². The number of amides is 1. The number of unbranched alkanes of at least 4 members (excludes halogenated alkanes) is 17. The fourth-order valence-electron chi connectivity index (χ4n) is 6.21. The van der Waals surface area contributed by atoms with Crippen LogP contribution in [0, 0.1) is 0 Å². The zero-order chi connectivity index (χ0) is 40.7. The molecule has 0 aliphatic heterocycles. The van der Waals surface area contributed by atoms with Crippen LogP contribution in [0.1, 0.15) is 194 Å². The fraction of sp³-hybridized carbons (Fsp3) is 0.635. The summed E-state index contributed by atoms with van der Waals surface area (Å²) < 4.78 is 0. The third-order valence-electron chi connectivity index (χ3n) is 9.72. The summed E-state index contributed by atoms with van der Waals surface area (Å²) in [5.41, 5.74) is 0. The summed E-state index contributed by atoms with van der Waals surface area (Å²) in [7, 11) is 0. The first kappa shape index (κ1) is 53.1. The van der Waals surface area contributed by atoms with E-state index >= 15 is 0 Å². The first-order valence-corrected chi connectivity index (χ1v) is 23.1. The van der Waals surface area contributed by atoms with Crippen molar-refractivity contribution < 1.29 is 15.0 Å². The quantitative estimate of drug-likeness (QED) is 0.0429. The number of aliphatic hydroxyl groups excluding tert-OH is 2. The SMILES string of the molecule is CC/C=C\C/C=C\C/C=C\C/C=C\C/C=C\C/C=C\CCCCCCC(=O)NC(CO)C(O)/C=C/CC/C=C/CC/C=C/CCCCCCCCCCCCC. The summed E-state index contributed by atoms with van der Waals surface area (Å²) in [5, 5.41) is 23.0. The van der Waals surface area contributed by atoms with Crippen molar-refractivity contribution in [2.45, 2.75) is 206 Å². The Labute approximate surface area is 346 Å². The maximum atomic E-state index is 12.4. The zero-order valence-electron chi connectivity index (χ0n) is 36.4. The van der Waals surface area contributed by atoms with Gasteiger partial charge in [0.05, 0.1) is 18.8 Å². The first-order valence-electron chi connectivity index (χ1n) is 23.1. The van der Waals surface area contributed by atoms with Crippen LogP contribution in [0.4, 0.5) is 0 Å². The molecule has 3 N–H and O–H groups in total. The molecule has 0 spiro atoms. The first-order chi connectivity index (χ1) is 27.7. The average Bonchev–Trinajstić information content (AvgIpc) is 3.20. The van der Waals surface area contributed by atoms with E-state index in [4.69, 9.17) is 0 Å². The molecule has 0 aromatic carbocycles. The molecule has 0 fully saturated rings. The minimum atomic E-state index is -0.889. The molecular weight excluding hydrogens is 687 g/mol. The van der Waals surface area contributed by atoms with E-state index in [0.29, 0.717) is 6.42 Å². The summed E-state index contributed by atoms with van der Waals surface area (Å²) >= 11 is 0. The molecule has 0 radical (unpaired) electrons. The van der Waals surface area contributed by atoms with Gasteiger partial charge in [0, 0.05) is 6.42 Å². The summed E-state index contributed by atoms with van der Waals surface area (Å²) in [6.45, 7) is 4.16. The number of hydrogen-bond donors (Lipinski definition) is 3. The molecule has 1 amide bonds. The summed E-state index contributed by atoms with van der Waals surface area (Å²) in [6.07, 6.45) is 70.5. The van der Waals surface area contributed by atoms with Crippen molar-refractivity contribution in [3.63, 3.8) is 0 Å². The van der Waals surface area contributed by atoms with Crippen molar-refractivity contribution in [2.75, 3.05) is 6.61 Å². The van der Waals surface area contributed by atoms with Gasteiger partial charge in [-0.3, -0.25) is 4.79 Å². The molecule has 0 rings (SSSR count). The number of carbonyl (C=O) groups is 1. The topological polar surface area (TPSA) is 69.6 Å². The minimum Gasteiger partial charge on any atom is -0.394 e. The third kappa shape index (κ3) is 42.2. The van der Waals surface area contributed by atoms with E-state index in [2.05, 4.69) is 116 Å². The van der Waals surface area contributed by atoms with Crippen molar-refractivity contribution in [1.29, 1.82) is 0 Å². The van der Waals surface area contributed by atoms with Crippen LogP contribution in [0.25, 0.3) is 0 Å². The van der Waals surface area contributed by atoms with E-state index in [1.807, 2.05) is 6.08 Å². The number of allylic oxidation sites excluding steroid dienone is 17. The van der Waals surface area contributed by atoms with Gasteiger partial charge in [0.25, 0.3) is 0 Å². The molecule has 4 heteroatoms. The predicted octanol–water partition coefficient (Wildman–Crippen LogP) is 14.8. The molecule has 318 valence electrons. The molecule has 0 aromatic rings. The lowest BCUT2D eigenvalue weighted by Crippen LogP contribution is -2.45. The monoisotopic (exact) mass is 774 g/mol. The second kappa shape index (κ2) is 46.4. The van der Waals surface area contributed by atoms with Crippen LogP contribution >= 0.6 is 0 Å². The Morgan fingerprint density at radius 1 is 0.446 bits per heavy atom. The van der Waals surface area contributed by atoms with E-state index in [-0.39, 0.29) is 12.5 Å². The van der Waals surface area contributed by atoms with Crippen LogP contribution in [0.2, 0.25) is 0 Å².